The predicted octanol–water partition coefficient (Wildman–Crippen LogP) is 2.27. The first kappa shape index (κ1) is 11.7. The van der Waals surface area contributed by atoms with Crippen molar-refractivity contribution in [3.63, 3.8) is 0 Å². The molecule has 0 bridgehead atoms. The maximum Gasteiger partial charge on any atom is 0.120 e. The van der Waals surface area contributed by atoms with Crippen LogP contribution in [-0.2, 0) is 0 Å². The highest BCUT2D eigenvalue weighted by Gasteiger charge is 2.19. The van der Waals surface area contributed by atoms with Crippen LogP contribution in [0.2, 0.25) is 0 Å². The molecular weight excluding hydrogens is 200 g/mol. The Hall–Kier alpha value is -0.800. The highest BCUT2D eigenvalue weighted by molar-refractivity contribution is 5.03. The molecule has 0 aromatic carbocycles. The lowest BCUT2D eigenvalue weighted by Crippen LogP contribution is -2.35. The molecule has 1 atom stereocenters. The summed E-state index contributed by atoms with van der Waals surface area (Å²) in [7, 11) is 2.19. The van der Waals surface area contributed by atoms with Crippen LogP contribution < -0.4 is 5.32 Å². The van der Waals surface area contributed by atoms with Crippen LogP contribution in [0.4, 0.5) is 0 Å². The van der Waals surface area contributed by atoms with Crippen molar-refractivity contribution in [1.82, 2.24) is 10.2 Å². The van der Waals surface area contributed by atoms with Gasteiger partial charge in [-0.2, -0.15) is 0 Å². The number of piperidine rings is 1. The molecule has 1 aromatic rings. The first-order valence-corrected chi connectivity index (χ1v) is 6.21. The lowest BCUT2D eigenvalue weighted by atomic mass is 9.97. The monoisotopic (exact) mass is 222 g/mol. The van der Waals surface area contributed by atoms with Gasteiger partial charge in [0.15, 0.2) is 0 Å². The van der Waals surface area contributed by atoms with Crippen LogP contribution in [0, 0.1) is 5.92 Å². The van der Waals surface area contributed by atoms with Gasteiger partial charge in [0, 0.05) is 6.54 Å². The Morgan fingerprint density at radius 1 is 1.50 bits per heavy atom. The van der Waals surface area contributed by atoms with Gasteiger partial charge in [0.1, 0.15) is 5.76 Å². The SMILES string of the molecule is CC(c1ccco1)N(C)CC1CCNCC1. The van der Waals surface area contributed by atoms with Crippen molar-refractivity contribution in [2.75, 3.05) is 26.7 Å². The normalized spacial score (nSPS) is 20.2. The summed E-state index contributed by atoms with van der Waals surface area (Å²) in [6, 6.07) is 4.40. The highest BCUT2D eigenvalue weighted by Crippen LogP contribution is 2.22. The van der Waals surface area contributed by atoms with Gasteiger partial charge in [0.2, 0.25) is 0 Å². The Labute approximate surface area is 97.8 Å². The van der Waals surface area contributed by atoms with Crippen LogP contribution in [0.25, 0.3) is 0 Å². The average Bonchev–Trinajstić information content (AvgIpc) is 2.83. The van der Waals surface area contributed by atoms with Crippen molar-refractivity contribution in [2.24, 2.45) is 5.92 Å². The minimum Gasteiger partial charge on any atom is -0.468 e. The Balaban J connectivity index is 1.84. The summed E-state index contributed by atoms with van der Waals surface area (Å²) in [6.07, 6.45) is 4.36. The van der Waals surface area contributed by atoms with E-state index in [0.29, 0.717) is 6.04 Å². The molecule has 1 aliphatic rings. The molecule has 1 unspecified atom stereocenters. The molecule has 16 heavy (non-hydrogen) atoms. The largest absolute Gasteiger partial charge is 0.468 e. The standard InChI is InChI=1S/C13H22N2O/c1-11(13-4-3-9-16-13)15(2)10-12-5-7-14-8-6-12/h3-4,9,11-12,14H,5-8,10H2,1-2H3. The van der Waals surface area contributed by atoms with Crippen LogP contribution in [0.3, 0.4) is 0 Å². The molecule has 1 aromatic heterocycles. The summed E-state index contributed by atoms with van der Waals surface area (Å²) < 4.78 is 5.45. The molecule has 3 nitrogen and oxygen atoms in total. The summed E-state index contributed by atoms with van der Waals surface area (Å²) in [5.41, 5.74) is 0. The molecular formula is C13H22N2O. The zero-order valence-corrected chi connectivity index (χ0v) is 10.3. The van der Waals surface area contributed by atoms with E-state index in [9.17, 15) is 0 Å². The smallest absolute Gasteiger partial charge is 0.120 e. The molecule has 3 heteroatoms. The van der Waals surface area contributed by atoms with Crippen molar-refractivity contribution in [1.29, 1.82) is 0 Å². The molecule has 1 saturated heterocycles. The zero-order valence-electron chi connectivity index (χ0n) is 10.3. The summed E-state index contributed by atoms with van der Waals surface area (Å²) in [4.78, 5) is 2.40. The lowest BCUT2D eigenvalue weighted by Gasteiger charge is -2.30. The second kappa shape index (κ2) is 5.51. The van der Waals surface area contributed by atoms with E-state index in [1.165, 1.54) is 32.5 Å². The maximum atomic E-state index is 5.45. The van der Waals surface area contributed by atoms with E-state index in [0.717, 1.165) is 11.7 Å². The molecule has 2 rings (SSSR count). The Kier molecular flexibility index (Phi) is 4.02. The second-order valence-electron chi connectivity index (χ2n) is 4.82. The molecule has 1 fully saturated rings. The van der Waals surface area contributed by atoms with Crippen molar-refractivity contribution >= 4 is 0 Å². The van der Waals surface area contributed by atoms with Gasteiger partial charge >= 0.3 is 0 Å². The van der Waals surface area contributed by atoms with E-state index in [-0.39, 0.29) is 0 Å². The van der Waals surface area contributed by atoms with E-state index in [4.69, 9.17) is 4.42 Å². The summed E-state index contributed by atoms with van der Waals surface area (Å²) in [6.45, 7) is 5.73. The number of nitrogens with one attached hydrogen (secondary N) is 1. The van der Waals surface area contributed by atoms with E-state index in [1.54, 1.807) is 6.26 Å². The molecule has 1 aliphatic heterocycles. The highest BCUT2D eigenvalue weighted by atomic mass is 16.3. The molecule has 0 radical (unpaired) electrons. The molecule has 0 saturated carbocycles. The summed E-state index contributed by atoms with van der Waals surface area (Å²) in [5, 5.41) is 3.41. The number of rotatable bonds is 4. The van der Waals surface area contributed by atoms with Crippen LogP contribution in [-0.4, -0.2) is 31.6 Å². The van der Waals surface area contributed by atoms with E-state index >= 15 is 0 Å². The van der Waals surface area contributed by atoms with Crippen molar-refractivity contribution in [2.45, 2.75) is 25.8 Å². The minimum atomic E-state index is 0.380. The first-order chi connectivity index (χ1) is 7.77. The van der Waals surface area contributed by atoms with Gasteiger partial charge in [-0.05, 0) is 58.0 Å². The van der Waals surface area contributed by atoms with Crippen LogP contribution in [0.5, 0.6) is 0 Å². The number of hydrogen-bond acceptors (Lipinski definition) is 3. The molecule has 0 amide bonds. The van der Waals surface area contributed by atoms with E-state index in [1.807, 2.05) is 6.07 Å². The first-order valence-electron chi connectivity index (χ1n) is 6.21. The Bertz CT molecular complexity index is 291. The maximum absolute atomic E-state index is 5.45. The van der Waals surface area contributed by atoms with Crippen LogP contribution in [0.1, 0.15) is 31.6 Å². The topological polar surface area (TPSA) is 28.4 Å². The Morgan fingerprint density at radius 3 is 2.88 bits per heavy atom. The van der Waals surface area contributed by atoms with Gasteiger partial charge in [-0.3, -0.25) is 4.90 Å². The minimum absolute atomic E-state index is 0.380. The summed E-state index contributed by atoms with van der Waals surface area (Å²) in [5.74, 6) is 1.90. The number of furan rings is 1. The number of hydrogen-bond donors (Lipinski definition) is 1. The van der Waals surface area contributed by atoms with Gasteiger partial charge in [0.05, 0.1) is 12.3 Å². The average molecular weight is 222 g/mol. The van der Waals surface area contributed by atoms with Gasteiger partial charge in [-0.1, -0.05) is 0 Å². The zero-order chi connectivity index (χ0) is 11.4. The molecule has 90 valence electrons. The van der Waals surface area contributed by atoms with Crippen molar-refractivity contribution < 1.29 is 4.42 Å². The van der Waals surface area contributed by atoms with E-state index in [2.05, 4.69) is 30.3 Å². The van der Waals surface area contributed by atoms with Crippen molar-refractivity contribution in [3.05, 3.63) is 24.2 Å². The lowest BCUT2D eigenvalue weighted by molar-refractivity contribution is 0.180. The molecule has 1 N–H and O–H groups in total. The fourth-order valence-corrected chi connectivity index (χ4v) is 2.38. The third-order valence-corrected chi connectivity index (χ3v) is 3.62. The fourth-order valence-electron chi connectivity index (χ4n) is 2.38. The quantitative estimate of drug-likeness (QED) is 0.847. The molecule has 0 aliphatic carbocycles. The molecule has 0 spiro atoms. The van der Waals surface area contributed by atoms with Crippen LogP contribution in [0.15, 0.2) is 22.8 Å². The van der Waals surface area contributed by atoms with Gasteiger partial charge in [0.25, 0.3) is 0 Å². The second-order valence-corrected chi connectivity index (χ2v) is 4.82. The van der Waals surface area contributed by atoms with Gasteiger partial charge in [-0.25, -0.2) is 0 Å². The van der Waals surface area contributed by atoms with Crippen LogP contribution >= 0.6 is 0 Å². The third kappa shape index (κ3) is 2.86. The molecule has 2 heterocycles. The van der Waals surface area contributed by atoms with Gasteiger partial charge in [-0.15, -0.1) is 0 Å². The third-order valence-electron chi connectivity index (χ3n) is 3.62. The summed E-state index contributed by atoms with van der Waals surface area (Å²) >= 11 is 0. The van der Waals surface area contributed by atoms with Crippen molar-refractivity contribution in [3.8, 4) is 0 Å². The predicted molar refractivity (Wildman–Crippen MR) is 65.3 cm³/mol. The number of nitrogens with zero attached hydrogens (tertiary/aromatic N) is 1. The fraction of sp³-hybridized carbons (Fsp3) is 0.692. The Morgan fingerprint density at radius 2 is 2.25 bits per heavy atom. The van der Waals surface area contributed by atoms with E-state index < -0.39 is 0 Å². The van der Waals surface area contributed by atoms with Gasteiger partial charge < -0.3 is 9.73 Å².